The van der Waals surface area contributed by atoms with Crippen molar-refractivity contribution in [3.8, 4) is 0 Å². The molecular weight excluding hydrogens is 176 g/mol. The Hall–Kier alpha value is -1.64. The molecular formula is C11H12N2O. The minimum Gasteiger partial charge on any atom is -0.272 e. The van der Waals surface area contributed by atoms with Gasteiger partial charge in [-0.15, -0.1) is 0 Å². The first-order valence-corrected chi connectivity index (χ1v) is 4.65. The maximum Gasteiger partial charge on any atom is 0.249 e. The van der Waals surface area contributed by atoms with Gasteiger partial charge in [0.25, 0.3) is 0 Å². The molecule has 3 nitrogen and oxygen atoms in total. The van der Waals surface area contributed by atoms with Crippen LogP contribution in [0.2, 0.25) is 0 Å². The van der Waals surface area contributed by atoms with Crippen molar-refractivity contribution in [3.63, 3.8) is 0 Å². The molecule has 0 aliphatic carbocycles. The molecule has 0 aromatic heterocycles. The third kappa shape index (κ3) is 1.66. The van der Waals surface area contributed by atoms with Crippen molar-refractivity contribution in [1.29, 1.82) is 0 Å². The van der Waals surface area contributed by atoms with E-state index in [-0.39, 0.29) is 11.8 Å². The van der Waals surface area contributed by atoms with E-state index in [1.807, 2.05) is 37.3 Å². The first-order valence-electron chi connectivity index (χ1n) is 4.65. The van der Waals surface area contributed by atoms with Gasteiger partial charge in [0.15, 0.2) is 0 Å². The molecule has 1 aromatic rings. The van der Waals surface area contributed by atoms with Crippen LogP contribution in [0.15, 0.2) is 35.4 Å². The van der Waals surface area contributed by atoms with Crippen LogP contribution in [0.3, 0.4) is 0 Å². The van der Waals surface area contributed by atoms with E-state index >= 15 is 0 Å². The van der Waals surface area contributed by atoms with Crippen molar-refractivity contribution in [2.45, 2.75) is 13.3 Å². The lowest BCUT2D eigenvalue weighted by atomic mass is 9.96. The van der Waals surface area contributed by atoms with E-state index in [4.69, 9.17) is 0 Å². The van der Waals surface area contributed by atoms with Crippen LogP contribution < -0.4 is 5.43 Å². The normalized spacial score (nSPS) is 20.5. The molecule has 0 bridgehead atoms. The maximum atomic E-state index is 11.4. The first kappa shape index (κ1) is 8.94. The molecule has 1 aliphatic heterocycles. The Bertz CT molecular complexity index is 370. The molecule has 14 heavy (non-hydrogen) atoms. The zero-order valence-corrected chi connectivity index (χ0v) is 8.03. The summed E-state index contributed by atoms with van der Waals surface area (Å²) >= 11 is 0. The topological polar surface area (TPSA) is 41.5 Å². The molecule has 0 saturated heterocycles. The Balaban J connectivity index is 2.12. The number of amides is 1. The lowest BCUT2D eigenvalue weighted by Gasteiger charge is -2.06. The number of hydrazone groups is 1. The van der Waals surface area contributed by atoms with Gasteiger partial charge in [-0.25, -0.2) is 5.43 Å². The number of hydrogen-bond acceptors (Lipinski definition) is 2. The number of nitrogens with zero attached hydrogens (tertiary/aromatic N) is 1. The lowest BCUT2D eigenvalue weighted by molar-refractivity contribution is -0.122. The van der Waals surface area contributed by atoms with Crippen LogP contribution in [0.5, 0.6) is 0 Å². The number of hydrogen-bond donors (Lipinski definition) is 1. The molecule has 0 saturated carbocycles. The van der Waals surface area contributed by atoms with Crippen molar-refractivity contribution < 1.29 is 4.79 Å². The van der Waals surface area contributed by atoms with E-state index in [1.54, 1.807) is 0 Å². The average molecular weight is 188 g/mol. The second kappa shape index (κ2) is 3.62. The van der Waals surface area contributed by atoms with Crippen LogP contribution in [0.25, 0.3) is 0 Å². The molecule has 0 spiro atoms. The fourth-order valence-corrected chi connectivity index (χ4v) is 1.58. The first-order chi connectivity index (χ1) is 6.77. The van der Waals surface area contributed by atoms with Gasteiger partial charge in [-0.1, -0.05) is 30.3 Å². The second-order valence-electron chi connectivity index (χ2n) is 3.47. The van der Waals surface area contributed by atoms with Crippen molar-refractivity contribution in [1.82, 2.24) is 5.43 Å². The fraction of sp³-hybridized carbons (Fsp3) is 0.273. The minimum atomic E-state index is -0.0857. The number of carbonyl (C=O) groups excluding carboxylic acids is 1. The quantitative estimate of drug-likeness (QED) is 0.747. The van der Waals surface area contributed by atoms with Gasteiger partial charge < -0.3 is 0 Å². The Kier molecular flexibility index (Phi) is 2.31. The zero-order chi connectivity index (χ0) is 9.97. The van der Waals surface area contributed by atoms with Gasteiger partial charge in [0.2, 0.25) is 5.91 Å². The van der Waals surface area contributed by atoms with Crippen molar-refractivity contribution in [3.05, 3.63) is 35.9 Å². The van der Waals surface area contributed by atoms with Gasteiger partial charge in [-0.2, -0.15) is 5.10 Å². The molecule has 0 radical (unpaired) electrons. The van der Waals surface area contributed by atoms with Crippen molar-refractivity contribution >= 4 is 11.6 Å². The summed E-state index contributed by atoms with van der Waals surface area (Å²) in [5.74, 6) is -0.0799. The third-order valence-corrected chi connectivity index (χ3v) is 2.45. The van der Waals surface area contributed by atoms with Crippen LogP contribution in [0, 0.1) is 5.92 Å². The standard InChI is InChI=1S/C11H12N2O/c1-8-10(11(14)13-12-8)7-9-5-3-2-4-6-9/h2-6,10H,7H2,1H3,(H,13,14)/t10-/m1/s1. The van der Waals surface area contributed by atoms with Crippen molar-refractivity contribution in [2.24, 2.45) is 11.0 Å². The van der Waals surface area contributed by atoms with Gasteiger partial charge in [-0.05, 0) is 18.9 Å². The van der Waals surface area contributed by atoms with E-state index in [0.29, 0.717) is 0 Å². The van der Waals surface area contributed by atoms with Gasteiger partial charge in [0.1, 0.15) is 0 Å². The second-order valence-corrected chi connectivity index (χ2v) is 3.47. The molecule has 1 amide bonds. The van der Waals surface area contributed by atoms with Crippen LogP contribution in [0.4, 0.5) is 0 Å². The number of nitrogens with one attached hydrogen (secondary N) is 1. The highest BCUT2D eigenvalue weighted by molar-refractivity contribution is 6.07. The van der Waals surface area contributed by atoms with Crippen LogP contribution in [-0.4, -0.2) is 11.6 Å². The van der Waals surface area contributed by atoms with E-state index < -0.39 is 0 Å². The molecule has 3 heteroatoms. The summed E-state index contributed by atoms with van der Waals surface area (Å²) in [6.07, 6.45) is 0.738. The third-order valence-electron chi connectivity index (χ3n) is 2.45. The smallest absolute Gasteiger partial charge is 0.249 e. The molecule has 1 aromatic carbocycles. The summed E-state index contributed by atoms with van der Waals surface area (Å²) < 4.78 is 0. The van der Waals surface area contributed by atoms with Crippen molar-refractivity contribution in [2.75, 3.05) is 0 Å². The SMILES string of the molecule is CC1=NNC(=O)[C@@H]1Cc1ccccc1. The summed E-state index contributed by atoms with van der Waals surface area (Å²) in [7, 11) is 0. The summed E-state index contributed by atoms with van der Waals surface area (Å²) in [4.78, 5) is 11.4. The molecule has 72 valence electrons. The van der Waals surface area contributed by atoms with Crippen LogP contribution in [0.1, 0.15) is 12.5 Å². The van der Waals surface area contributed by atoms with E-state index in [0.717, 1.165) is 12.1 Å². The van der Waals surface area contributed by atoms with Crippen LogP contribution >= 0.6 is 0 Å². The predicted octanol–water partition coefficient (Wildman–Crippen LogP) is 1.35. The van der Waals surface area contributed by atoms with Gasteiger partial charge in [0.05, 0.1) is 5.92 Å². The monoisotopic (exact) mass is 188 g/mol. The summed E-state index contributed by atoms with van der Waals surface area (Å²) in [6.45, 7) is 1.88. The Labute approximate surface area is 82.8 Å². The summed E-state index contributed by atoms with van der Waals surface area (Å²) in [5, 5.41) is 3.91. The molecule has 1 N–H and O–H groups in total. The number of rotatable bonds is 2. The molecule has 1 aliphatic rings. The summed E-state index contributed by atoms with van der Waals surface area (Å²) in [5.41, 5.74) is 4.53. The minimum absolute atomic E-state index is 0.00588. The molecule has 1 atom stereocenters. The lowest BCUT2D eigenvalue weighted by Crippen LogP contribution is -2.24. The van der Waals surface area contributed by atoms with E-state index in [9.17, 15) is 4.79 Å². The summed E-state index contributed by atoms with van der Waals surface area (Å²) in [6, 6.07) is 9.99. The largest absolute Gasteiger partial charge is 0.272 e. The number of benzene rings is 1. The Morgan fingerprint density at radius 3 is 2.64 bits per heavy atom. The Morgan fingerprint density at radius 1 is 1.36 bits per heavy atom. The average Bonchev–Trinajstić information content (AvgIpc) is 2.51. The van der Waals surface area contributed by atoms with Gasteiger partial charge in [-0.3, -0.25) is 4.79 Å². The molecule has 0 unspecified atom stereocenters. The van der Waals surface area contributed by atoms with E-state index in [1.165, 1.54) is 5.56 Å². The number of carbonyl (C=O) groups is 1. The van der Waals surface area contributed by atoms with Crippen LogP contribution in [-0.2, 0) is 11.2 Å². The Morgan fingerprint density at radius 2 is 2.07 bits per heavy atom. The molecule has 2 rings (SSSR count). The highest BCUT2D eigenvalue weighted by Crippen LogP contribution is 2.13. The predicted molar refractivity (Wildman–Crippen MR) is 54.9 cm³/mol. The molecule has 0 fully saturated rings. The molecule has 1 heterocycles. The van der Waals surface area contributed by atoms with Gasteiger partial charge in [0, 0.05) is 5.71 Å². The fourth-order valence-electron chi connectivity index (χ4n) is 1.58. The zero-order valence-electron chi connectivity index (χ0n) is 8.03. The van der Waals surface area contributed by atoms with E-state index in [2.05, 4.69) is 10.5 Å². The highest BCUT2D eigenvalue weighted by Gasteiger charge is 2.26. The highest BCUT2D eigenvalue weighted by atomic mass is 16.2. The maximum absolute atomic E-state index is 11.4. The van der Waals surface area contributed by atoms with Gasteiger partial charge >= 0.3 is 0 Å².